The van der Waals surface area contributed by atoms with E-state index >= 15 is 0 Å². The van der Waals surface area contributed by atoms with Crippen molar-refractivity contribution in [2.24, 2.45) is 13.0 Å². The van der Waals surface area contributed by atoms with Crippen molar-refractivity contribution >= 4 is 28.6 Å². The quantitative estimate of drug-likeness (QED) is 0.374. The molecule has 3 heterocycles. The molecule has 10 heteroatoms. The number of benzene rings is 2. The largest absolute Gasteiger partial charge is 0.350 e. The number of carbonyl (C=O) groups is 3. The van der Waals surface area contributed by atoms with Crippen LogP contribution in [-0.4, -0.2) is 61.1 Å². The molecular formula is C33H41N7O3. The summed E-state index contributed by atoms with van der Waals surface area (Å²) < 4.78 is 3.86. The van der Waals surface area contributed by atoms with Crippen LogP contribution >= 0.6 is 0 Å². The van der Waals surface area contributed by atoms with Crippen LogP contribution in [-0.2, 0) is 40.8 Å². The Hall–Kier alpha value is -4.47. The lowest BCUT2D eigenvalue weighted by Gasteiger charge is -2.28. The lowest BCUT2D eigenvalue weighted by atomic mass is 10.0. The van der Waals surface area contributed by atoms with Crippen LogP contribution in [0.15, 0.2) is 60.8 Å². The van der Waals surface area contributed by atoms with Gasteiger partial charge in [0, 0.05) is 50.1 Å². The molecule has 1 aliphatic heterocycles. The van der Waals surface area contributed by atoms with Gasteiger partial charge in [0.15, 0.2) is 0 Å². The van der Waals surface area contributed by atoms with Gasteiger partial charge >= 0.3 is 0 Å². The number of amides is 3. The van der Waals surface area contributed by atoms with E-state index in [-0.39, 0.29) is 36.5 Å². The molecule has 226 valence electrons. The fourth-order valence-electron chi connectivity index (χ4n) is 5.82. The Kier molecular flexibility index (Phi) is 9.23. The second-order valence-electron chi connectivity index (χ2n) is 11.7. The molecule has 43 heavy (non-hydrogen) atoms. The van der Waals surface area contributed by atoms with E-state index in [0.717, 1.165) is 22.0 Å². The minimum absolute atomic E-state index is 0.00194. The summed E-state index contributed by atoms with van der Waals surface area (Å²) >= 11 is 0. The van der Waals surface area contributed by atoms with Gasteiger partial charge in [0.1, 0.15) is 17.7 Å². The molecule has 3 amide bonds. The summed E-state index contributed by atoms with van der Waals surface area (Å²) in [6.45, 7) is 7.13. The summed E-state index contributed by atoms with van der Waals surface area (Å²) in [4.78, 5) is 47.0. The van der Waals surface area contributed by atoms with Crippen molar-refractivity contribution in [1.29, 1.82) is 0 Å². The van der Waals surface area contributed by atoms with Crippen molar-refractivity contribution in [3.63, 3.8) is 0 Å². The minimum atomic E-state index is -0.749. The van der Waals surface area contributed by atoms with Crippen molar-refractivity contribution in [1.82, 2.24) is 34.9 Å². The number of fused-ring (bicyclic) bond motifs is 2. The number of rotatable bonds is 5. The van der Waals surface area contributed by atoms with Crippen molar-refractivity contribution < 1.29 is 14.4 Å². The maximum atomic E-state index is 13.7. The Morgan fingerprint density at radius 2 is 1.74 bits per heavy atom. The van der Waals surface area contributed by atoms with E-state index in [1.807, 2.05) is 103 Å². The zero-order valence-electron chi connectivity index (χ0n) is 25.4. The first-order valence-electron chi connectivity index (χ1n) is 15.1. The van der Waals surface area contributed by atoms with E-state index in [2.05, 4.69) is 15.7 Å². The molecule has 0 saturated heterocycles. The predicted octanol–water partition coefficient (Wildman–Crippen LogP) is 3.48. The summed E-state index contributed by atoms with van der Waals surface area (Å²) in [5.74, 6) is 0.780. The molecule has 10 nitrogen and oxygen atoms in total. The number of nitrogens with one attached hydrogen (secondary N) is 2. The smallest absolute Gasteiger partial charge is 0.243 e. The molecule has 2 N–H and O–H groups in total. The topological polar surface area (TPSA) is 114 Å². The van der Waals surface area contributed by atoms with Crippen LogP contribution in [0.1, 0.15) is 55.5 Å². The average molecular weight is 584 g/mol. The maximum Gasteiger partial charge on any atom is 0.243 e. The first kappa shape index (κ1) is 30.0. The molecule has 1 aliphatic rings. The molecule has 0 radical (unpaired) electrons. The summed E-state index contributed by atoms with van der Waals surface area (Å²) in [5, 5.41) is 11.8. The van der Waals surface area contributed by atoms with Gasteiger partial charge in [-0.05, 0) is 36.5 Å². The van der Waals surface area contributed by atoms with Crippen molar-refractivity contribution in [2.45, 2.75) is 65.1 Å². The summed E-state index contributed by atoms with van der Waals surface area (Å²) in [6, 6.07) is 16.6. The number of para-hydroxylation sites is 1. The van der Waals surface area contributed by atoms with Gasteiger partial charge in [0.25, 0.3) is 0 Å². The Balaban J connectivity index is 1.42. The van der Waals surface area contributed by atoms with E-state index in [1.165, 1.54) is 0 Å². The highest BCUT2D eigenvalue weighted by Crippen LogP contribution is 2.23. The van der Waals surface area contributed by atoms with Gasteiger partial charge in [-0.2, -0.15) is 5.10 Å². The van der Waals surface area contributed by atoms with Crippen molar-refractivity contribution in [2.75, 3.05) is 13.1 Å². The van der Waals surface area contributed by atoms with Crippen LogP contribution in [0.2, 0.25) is 0 Å². The molecule has 2 aromatic carbocycles. The fourth-order valence-corrected chi connectivity index (χ4v) is 5.82. The monoisotopic (exact) mass is 583 g/mol. The average Bonchev–Trinajstić information content (AvgIpc) is 3.51. The summed E-state index contributed by atoms with van der Waals surface area (Å²) in [7, 11) is 1.99. The summed E-state index contributed by atoms with van der Waals surface area (Å²) in [5.41, 5.74) is 3.01. The zero-order chi connectivity index (χ0) is 30.5. The van der Waals surface area contributed by atoms with Crippen LogP contribution in [0.5, 0.6) is 0 Å². The zero-order valence-corrected chi connectivity index (χ0v) is 25.4. The molecule has 2 aromatic heterocycles. The van der Waals surface area contributed by atoms with E-state index in [0.29, 0.717) is 44.1 Å². The van der Waals surface area contributed by atoms with Crippen molar-refractivity contribution in [3.05, 3.63) is 83.6 Å². The third-order valence-electron chi connectivity index (χ3n) is 8.07. The Morgan fingerprint density at radius 1 is 1.00 bits per heavy atom. The second kappa shape index (κ2) is 13.2. The number of aromatic nitrogens is 4. The molecule has 2 atom stereocenters. The van der Waals surface area contributed by atoms with Crippen LogP contribution in [0.25, 0.3) is 10.9 Å². The van der Waals surface area contributed by atoms with E-state index in [4.69, 9.17) is 4.98 Å². The number of nitrogens with zero attached hydrogens (tertiary/aromatic N) is 5. The van der Waals surface area contributed by atoms with Crippen LogP contribution in [0.4, 0.5) is 0 Å². The predicted molar refractivity (Wildman–Crippen MR) is 165 cm³/mol. The molecule has 5 rings (SSSR count). The number of hydrogen-bond acceptors (Lipinski definition) is 5. The third-order valence-corrected chi connectivity index (χ3v) is 8.07. The van der Waals surface area contributed by atoms with Gasteiger partial charge in [-0.15, -0.1) is 0 Å². The van der Waals surface area contributed by atoms with Gasteiger partial charge < -0.3 is 20.1 Å². The molecule has 0 aliphatic carbocycles. The molecule has 0 fully saturated rings. The lowest BCUT2D eigenvalue weighted by molar-refractivity contribution is -0.131. The molecule has 4 aromatic rings. The van der Waals surface area contributed by atoms with Crippen molar-refractivity contribution in [3.8, 4) is 0 Å². The number of hydrogen-bond donors (Lipinski definition) is 2. The highest BCUT2D eigenvalue weighted by atomic mass is 16.2. The van der Waals surface area contributed by atoms with Crippen LogP contribution in [0, 0.1) is 12.8 Å². The van der Waals surface area contributed by atoms with Crippen LogP contribution in [0.3, 0.4) is 0 Å². The number of aryl methyl sites for hydroxylation is 2. The molecule has 0 spiro atoms. The van der Waals surface area contributed by atoms with E-state index in [9.17, 15) is 14.4 Å². The van der Waals surface area contributed by atoms with Gasteiger partial charge in [0.2, 0.25) is 17.7 Å². The van der Waals surface area contributed by atoms with Gasteiger partial charge in [-0.1, -0.05) is 62.4 Å². The maximum absolute atomic E-state index is 13.7. The summed E-state index contributed by atoms with van der Waals surface area (Å²) in [6.07, 6.45) is 3.33. The lowest BCUT2D eigenvalue weighted by Crippen LogP contribution is -2.50. The first-order valence-corrected chi connectivity index (χ1v) is 15.1. The van der Waals surface area contributed by atoms with Gasteiger partial charge in [-0.3, -0.25) is 14.4 Å². The van der Waals surface area contributed by atoms with Gasteiger partial charge in [0.05, 0.1) is 19.0 Å². The van der Waals surface area contributed by atoms with E-state index < -0.39 is 12.1 Å². The minimum Gasteiger partial charge on any atom is -0.350 e. The highest BCUT2D eigenvalue weighted by molar-refractivity contribution is 5.90. The number of carbonyl (C=O) groups excluding carboxylic acids is 3. The molecule has 0 saturated carbocycles. The molecular weight excluding hydrogens is 542 g/mol. The standard InChI is InChI=1S/C33H41N7O3/c1-22(2)31-32-34-23(3)37-40(32)18-17-39(30(42)20-25-21-38(4)28-14-9-8-13-26(25)28)16-10-15-29(41)35-27(33(43)36-31)19-24-11-6-5-7-12-24/h5-9,11-14,21-22,27,31H,10,15-20H2,1-4H3,(H,35,41)(H,36,43)/t27-,31+/m0/s1. The Labute approximate surface area is 252 Å². The van der Waals surface area contributed by atoms with Gasteiger partial charge in [-0.25, -0.2) is 9.67 Å². The molecule has 0 bridgehead atoms. The third kappa shape index (κ3) is 7.13. The molecule has 0 unspecified atom stereocenters. The second-order valence-corrected chi connectivity index (χ2v) is 11.7. The Morgan fingerprint density at radius 3 is 2.51 bits per heavy atom. The highest BCUT2D eigenvalue weighted by Gasteiger charge is 2.30. The van der Waals surface area contributed by atoms with E-state index in [1.54, 1.807) is 0 Å². The van der Waals surface area contributed by atoms with Crippen LogP contribution < -0.4 is 10.6 Å². The first-order chi connectivity index (χ1) is 20.7. The Bertz CT molecular complexity index is 1590. The fraction of sp³-hybridized carbons (Fsp3) is 0.424. The normalized spacial score (nSPS) is 18.7. The SMILES string of the molecule is Cc1nc2n(n1)CCN(C(=O)Cc1cn(C)c3ccccc13)CCCC(=O)N[C@@H](Cc1ccccc1)C(=O)N[C@@H]2C(C)C.